The first-order valence-corrected chi connectivity index (χ1v) is 7.92. The number of carbonyl (C=O) groups excluding carboxylic acids is 1. The number of amides is 1. The highest BCUT2D eigenvalue weighted by Crippen LogP contribution is 2.18. The van der Waals surface area contributed by atoms with Gasteiger partial charge in [0.15, 0.2) is 0 Å². The second-order valence-electron chi connectivity index (χ2n) is 4.63. The number of carbonyl (C=O) groups is 1. The molecule has 2 aromatic rings. The topological polar surface area (TPSA) is 42.4 Å². The van der Waals surface area contributed by atoms with Crippen LogP contribution in [-0.4, -0.2) is 36.0 Å². The first-order chi connectivity index (χ1) is 10.2. The first kappa shape index (κ1) is 15.5. The number of nitrogens with zero attached hydrogens (tertiary/aromatic N) is 2. The minimum atomic E-state index is 0.0113. The quantitative estimate of drug-likeness (QED) is 0.823. The lowest BCUT2D eigenvalue weighted by molar-refractivity contribution is 0.0768. The first-order valence-electron chi connectivity index (χ1n) is 7.04. The van der Waals surface area contributed by atoms with Crippen molar-refractivity contribution in [3.63, 3.8) is 0 Å². The molecule has 0 spiro atoms. The Bertz CT molecular complexity index is 589. The van der Waals surface area contributed by atoms with Gasteiger partial charge in [-0.05, 0) is 31.5 Å². The van der Waals surface area contributed by atoms with E-state index in [0.29, 0.717) is 18.8 Å². The number of ether oxygens (including phenoxy) is 1. The molecular formula is C16H20N2O2S. The minimum Gasteiger partial charge on any atom is -0.497 e. The Balaban J connectivity index is 2.07. The van der Waals surface area contributed by atoms with Gasteiger partial charge < -0.3 is 9.64 Å². The van der Waals surface area contributed by atoms with Crippen molar-refractivity contribution in [1.82, 2.24) is 9.88 Å². The summed E-state index contributed by atoms with van der Waals surface area (Å²) in [5.41, 5.74) is 1.71. The highest BCUT2D eigenvalue weighted by Gasteiger charge is 2.16. The summed E-state index contributed by atoms with van der Waals surface area (Å²) in [6.45, 7) is 5.37. The van der Waals surface area contributed by atoms with Crippen molar-refractivity contribution in [3.8, 4) is 5.75 Å². The number of rotatable bonds is 6. The average molecular weight is 304 g/mol. The highest BCUT2D eigenvalue weighted by atomic mass is 32.1. The second-order valence-corrected chi connectivity index (χ2v) is 5.57. The van der Waals surface area contributed by atoms with E-state index in [9.17, 15) is 4.79 Å². The minimum absolute atomic E-state index is 0.0113. The van der Waals surface area contributed by atoms with Crippen LogP contribution in [0.2, 0.25) is 0 Å². The third kappa shape index (κ3) is 3.82. The molecule has 0 saturated heterocycles. The van der Waals surface area contributed by atoms with Gasteiger partial charge in [-0.2, -0.15) is 0 Å². The van der Waals surface area contributed by atoms with Crippen LogP contribution in [0.25, 0.3) is 0 Å². The monoisotopic (exact) mass is 304 g/mol. The molecule has 21 heavy (non-hydrogen) atoms. The molecule has 1 heterocycles. The van der Waals surface area contributed by atoms with Crippen molar-refractivity contribution in [2.75, 3.05) is 20.2 Å². The molecule has 1 amide bonds. The molecule has 0 bridgehead atoms. The van der Waals surface area contributed by atoms with Crippen LogP contribution in [0.1, 0.15) is 34.9 Å². The summed E-state index contributed by atoms with van der Waals surface area (Å²) in [6.07, 6.45) is 0.736. The number of aromatic nitrogens is 1. The van der Waals surface area contributed by atoms with Crippen LogP contribution in [0.3, 0.4) is 0 Å². The van der Waals surface area contributed by atoms with Gasteiger partial charge >= 0.3 is 0 Å². The van der Waals surface area contributed by atoms with Gasteiger partial charge in [-0.1, -0.05) is 12.1 Å². The molecule has 0 aliphatic carbocycles. The van der Waals surface area contributed by atoms with Crippen LogP contribution >= 0.6 is 11.3 Å². The van der Waals surface area contributed by atoms with E-state index in [0.717, 1.165) is 22.7 Å². The van der Waals surface area contributed by atoms with E-state index in [1.807, 2.05) is 43.5 Å². The zero-order valence-electron chi connectivity index (χ0n) is 12.6. The van der Waals surface area contributed by atoms with Crippen LogP contribution in [0.5, 0.6) is 5.75 Å². The van der Waals surface area contributed by atoms with Crippen molar-refractivity contribution in [3.05, 3.63) is 45.9 Å². The predicted octanol–water partition coefficient (Wildman–Crippen LogP) is 3.22. The molecule has 0 radical (unpaired) electrons. The SMILES string of the molecule is CCN(CC)C(=O)c1csc(Cc2ccc(OC)cc2)n1. The Kier molecular flexibility index (Phi) is 5.33. The number of methoxy groups -OCH3 is 1. The van der Waals surface area contributed by atoms with E-state index in [1.165, 1.54) is 11.3 Å². The van der Waals surface area contributed by atoms with Crippen molar-refractivity contribution in [2.45, 2.75) is 20.3 Å². The van der Waals surface area contributed by atoms with E-state index in [2.05, 4.69) is 4.98 Å². The molecule has 0 fully saturated rings. The smallest absolute Gasteiger partial charge is 0.273 e. The van der Waals surface area contributed by atoms with Crippen LogP contribution in [0.4, 0.5) is 0 Å². The van der Waals surface area contributed by atoms with Gasteiger partial charge in [-0.3, -0.25) is 4.79 Å². The molecular weight excluding hydrogens is 284 g/mol. The summed E-state index contributed by atoms with van der Waals surface area (Å²) in [7, 11) is 1.65. The van der Waals surface area contributed by atoms with Crippen molar-refractivity contribution in [2.24, 2.45) is 0 Å². The van der Waals surface area contributed by atoms with Gasteiger partial charge in [0.25, 0.3) is 5.91 Å². The lowest BCUT2D eigenvalue weighted by Crippen LogP contribution is -2.30. The van der Waals surface area contributed by atoms with Gasteiger partial charge in [0.05, 0.1) is 12.1 Å². The molecule has 0 atom stereocenters. The molecule has 0 unspecified atom stereocenters. The van der Waals surface area contributed by atoms with Gasteiger partial charge in [-0.15, -0.1) is 11.3 Å². The summed E-state index contributed by atoms with van der Waals surface area (Å²) in [6, 6.07) is 7.91. The Morgan fingerprint density at radius 3 is 2.48 bits per heavy atom. The fourth-order valence-electron chi connectivity index (χ4n) is 2.08. The zero-order valence-corrected chi connectivity index (χ0v) is 13.4. The Labute approximate surface area is 129 Å². The molecule has 0 aliphatic rings. The summed E-state index contributed by atoms with van der Waals surface area (Å²) in [5, 5.41) is 2.80. The highest BCUT2D eigenvalue weighted by molar-refractivity contribution is 7.09. The normalized spacial score (nSPS) is 10.4. The Morgan fingerprint density at radius 1 is 1.24 bits per heavy atom. The van der Waals surface area contributed by atoms with Crippen LogP contribution < -0.4 is 4.74 Å². The van der Waals surface area contributed by atoms with E-state index in [4.69, 9.17) is 4.74 Å². The number of hydrogen-bond donors (Lipinski definition) is 0. The Morgan fingerprint density at radius 2 is 1.90 bits per heavy atom. The van der Waals surface area contributed by atoms with Crippen LogP contribution in [-0.2, 0) is 6.42 Å². The summed E-state index contributed by atoms with van der Waals surface area (Å²) < 4.78 is 5.14. The third-order valence-corrected chi connectivity index (χ3v) is 4.18. The maximum absolute atomic E-state index is 12.2. The van der Waals surface area contributed by atoms with Crippen LogP contribution in [0, 0.1) is 0 Å². The summed E-state index contributed by atoms with van der Waals surface area (Å²) in [5.74, 6) is 0.854. The van der Waals surface area contributed by atoms with Gasteiger partial charge in [0.1, 0.15) is 11.4 Å². The standard InChI is InChI=1S/C16H20N2O2S/c1-4-18(5-2)16(19)14-11-21-15(17-14)10-12-6-8-13(20-3)9-7-12/h6-9,11H,4-5,10H2,1-3H3. The lowest BCUT2D eigenvalue weighted by Gasteiger charge is -2.16. The van der Waals surface area contributed by atoms with E-state index in [-0.39, 0.29) is 5.91 Å². The maximum atomic E-state index is 12.2. The molecule has 0 N–H and O–H groups in total. The fourth-order valence-corrected chi connectivity index (χ4v) is 2.88. The van der Waals surface area contributed by atoms with Gasteiger partial charge in [0.2, 0.25) is 0 Å². The fraction of sp³-hybridized carbons (Fsp3) is 0.375. The molecule has 1 aromatic heterocycles. The largest absolute Gasteiger partial charge is 0.497 e. The van der Waals surface area contributed by atoms with Crippen molar-refractivity contribution in [1.29, 1.82) is 0 Å². The third-order valence-electron chi connectivity index (χ3n) is 3.34. The molecule has 5 heteroatoms. The van der Waals surface area contributed by atoms with Gasteiger partial charge in [0, 0.05) is 24.9 Å². The van der Waals surface area contributed by atoms with Crippen molar-refractivity contribution < 1.29 is 9.53 Å². The van der Waals surface area contributed by atoms with Crippen molar-refractivity contribution >= 4 is 17.2 Å². The van der Waals surface area contributed by atoms with Gasteiger partial charge in [-0.25, -0.2) is 4.98 Å². The van der Waals surface area contributed by atoms with Crippen LogP contribution in [0.15, 0.2) is 29.6 Å². The van der Waals surface area contributed by atoms with E-state index in [1.54, 1.807) is 12.0 Å². The van der Waals surface area contributed by atoms with E-state index >= 15 is 0 Å². The average Bonchev–Trinajstić information content (AvgIpc) is 2.97. The lowest BCUT2D eigenvalue weighted by atomic mass is 10.1. The molecule has 2 rings (SSSR count). The molecule has 4 nitrogen and oxygen atoms in total. The number of benzene rings is 1. The second kappa shape index (κ2) is 7.22. The zero-order chi connectivity index (χ0) is 15.2. The maximum Gasteiger partial charge on any atom is 0.273 e. The molecule has 1 aromatic carbocycles. The molecule has 112 valence electrons. The summed E-state index contributed by atoms with van der Waals surface area (Å²) in [4.78, 5) is 18.5. The summed E-state index contributed by atoms with van der Waals surface area (Å²) >= 11 is 1.53. The Hall–Kier alpha value is -1.88. The predicted molar refractivity (Wildman–Crippen MR) is 85.2 cm³/mol. The molecule has 0 aliphatic heterocycles. The molecule has 0 saturated carbocycles. The van der Waals surface area contributed by atoms with E-state index < -0.39 is 0 Å². The number of thiazole rings is 1. The number of hydrogen-bond acceptors (Lipinski definition) is 4.